The van der Waals surface area contributed by atoms with Gasteiger partial charge in [0.15, 0.2) is 0 Å². The lowest BCUT2D eigenvalue weighted by molar-refractivity contribution is 0.236. The van der Waals surface area contributed by atoms with Gasteiger partial charge in [-0.1, -0.05) is 70.4 Å². The number of hydrogen-bond donors (Lipinski definition) is 1. The van der Waals surface area contributed by atoms with Crippen LogP contribution in [0.4, 0.5) is 4.39 Å². The molecule has 0 aliphatic carbocycles. The standard InChI is InChI=1S/C14H15FO.C11H18N2.C4H8.CH4/c1-3-5-12(2)8-9-16-11-13-6-4-7-14(15)10-13;1-5-8-13-11(9(2)3)10(4)6-7-12;1-4(2)3;/h3-10H,1,11H2,2H3;5-9H,4,12H2,1-3H3;1H2,2-3H3;1H4/b9-8-,12-5-;7-6-,8-5-,13-11?;;. The fraction of sp³-hybridized carbons (Fsp3) is 0.300. The van der Waals surface area contributed by atoms with Crippen LogP contribution < -0.4 is 5.73 Å². The van der Waals surface area contributed by atoms with Crippen molar-refractivity contribution in [3.8, 4) is 0 Å². The molecule has 4 heteroatoms. The van der Waals surface area contributed by atoms with E-state index in [1.54, 1.807) is 30.7 Å². The SMILES string of the molecule is C.C=C(/C=C\N)C(=N/C=C\C)C(C)C.C=C(C)C.C=C/C=C(C)\C=C/OCc1cccc(F)c1. The molecule has 0 saturated heterocycles. The van der Waals surface area contributed by atoms with E-state index in [0.29, 0.717) is 12.5 Å². The maximum atomic E-state index is 12.8. The lowest BCUT2D eigenvalue weighted by atomic mass is 10.0. The Bertz CT molecular complexity index is 868. The van der Waals surface area contributed by atoms with Crippen LogP contribution in [0.2, 0.25) is 0 Å². The number of nitrogens with two attached hydrogens (primary N) is 1. The third kappa shape index (κ3) is 21.8. The Morgan fingerprint density at radius 3 is 2.26 bits per heavy atom. The van der Waals surface area contributed by atoms with Gasteiger partial charge in [-0.15, -0.1) is 6.58 Å². The Labute approximate surface area is 208 Å². The predicted octanol–water partition coefficient (Wildman–Crippen LogP) is 8.85. The minimum atomic E-state index is -0.243. The smallest absolute Gasteiger partial charge is 0.123 e. The second-order valence-corrected chi connectivity index (χ2v) is 7.63. The first-order valence-corrected chi connectivity index (χ1v) is 10.8. The molecule has 0 aliphatic heterocycles. The van der Waals surface area contributed by atoms with Crippen molar-refractivity contribution in [2.75, 3.05) is 0 Å². The Balaban J connectivity index is -0.000000484. The Kier molecular flexibility index (Phi) is 23.6. The van der Waals surface area contributed by atoms with E-state index >= 15 is 0 Å². The third-order valence-corrected chi connectivity index (χ3v) is 3.48. The summed E-state index contributed by atoms with van der Waals surface area (Å²) in [4.78, 5) is 4.29. The first-order valence-electron chi connectivity index (χ1n) is 10.8. The highest BCUT2D eigenvalue weighted by Crippen LogP contribution is 2.08. The molecule has 0 heterocycles. The van der Waals surface area contributed by atoms with Gasteiger partial charge in [-0.3, -0.25) is 4.99 Å². The maximum Gasteiger partial charge on any atom is 0.123 e. The molecule has 188 valence electrons. The number of nitrogens with zero attached hydrogens (tertiary/aromatic N) is 1. The van der Waals surface area contributed by atoms with Gasteiger partial charge in [0.05, 0.1) is 6.26 Å². The van der Waals surface area contributed by atoms with Crippen molar-refractivity contribution in [1.82, 2.24) is 0 Å². The number of aliphatic imine (C=N–C) groups is 1. The van der Waals surface area contributed by atoms with E-state index in [1.807, 2.05) is 52.0 Å². The third-order valence-electron chi connectivity index (χ3n) is 3.48. The summed E-state index contributed by atoms with van der Waals surface area (Å²) in [6.45, 7) is 23.4. The Morgan fingerprint density at radius 1 is 1.18 bits per heavy atom. The summed E-state index contributed by atoms with van der Waals surface area (Å²) in [5.74, 6) is 0.118. The second kappa shape index (κ2) is 22.8. The minimum absolute atomic E-state index is 0. The molecule has 3 nitrogen and oxygen atoms in total. The van der Waals surface area contributed by atoms with E-state index in [4.69, 9.17) is 10.5 Å². The topological polar surface area (TPSA) is 47.6 Å². The highest BCUT2D eigenvalue weighted by Gasteiger charge is 2.05. The monoisotopic (exact) mass is 468 g/mol. The number of benzene rings is 1. The molecular formula is C30H45FN2O. The van der Waals surface area contributed by atoms with Crippen LogP contribution in [0.15, 0.2) is 115 Å². The zero-order chi connectivity index (χ0) is 25.6. The summed E-state index contributed by atoms with van der Waals surface area (Å²) in [6.07, 6.45) is 13.9. The van der Waals surface area contributed by atoms with Crippen molar-refractivity contribution in [2.24, 2.45) is 16.6 Å². The van der Waals surface area contributed by atoms with Gasteiger partial charge in [0, 0.05) is 11.9 Å². The molecule has 0 aliphatic rings. The molecule has 34 heavy (non-hydrogen) atoms. The van der Waals surface area contributed by atoms with Gasteiger partial charge in [-0.25, -0.2) is 4.39 Å². The summed E-state index contributed by atoms with van der Waals surface area (Å²) in [6, 6.07) is 6.36. The first-order chi connectivity index (χ1) is 15.6. The largest absolute Gasteiger partial charge is 0.497 e. The zero-order valence-electron chi connectivity index (χ0n) is 21.1. The molecule has 0 radical (unpaired) electrons. The summed E-state index contributed by atoms with van der Waals surface area (Å²) in [7, 11) is 0. The van der Waals surface area contributed by atoms with Crippen molar-refractivity contribution in [3.05, 3.63) is 121 Å². The summed E-state index contributed by atoms with van der Waals surface area (Å²) >= 11 is 0. The zero-order valence-corrected chi connectivity index (χ0v) is 21.1. The number of rotatable bonds is 9. The van der Waals surface area contributed by atoms with Crippen LogP contribution in [0, 0.1) is 11.7 Å². The average Bonchev–Trinajstić information content (AvgIpc) is 2.72. The fourth-order valence-corrected chi connectivity index (χ4v) is 2.13. The van der Waals surface area contributed by atoms with E-state index in [2.05, 4.69) is 38.6 Å². The van der Waals surface area contributed by atoms with E-state index < -0.39 is 0 Å². The molecule has 0 atom stereocenters. The summed E-state index contributed by atoms with van der Waals surface area (Å²) < 4.78 is 18.1. The maximum absolute atomic E-state index is 12.8. The Hall–Kier alpha value is -3.40. The van der Waals surface area contributed by atoms with E-state index in [0.717, 1.165) is 22.4 Å². The molecule has 0 spiro atoms. The molecule has 0 fully saturated rings. The molecule has 0 amide bonds. The van der Waals surface area contributed by atoms with Crippen LogP contribution >= 0.6 is 0 Å². The van der Waals surface area contributed by atoms with Crippen molar-refractivity contribution < 1.29 is 9.13 Å². The number of ether oxygens (including phenoxy) is 1. The highest BCUT2D eigenvalue weighted by molar-refractivity contribution is 6.03. The second-order valence-electron chi connectivity index (χ2n) is 7.63. The van der Waals surface area contributed by atoms with Gasteiger partial charge in [-0.05, 0) is 80.8 Å². The molecule has 2 N–H and O–H groups in total. The van der Waals surface area contributed by atoms with Crippen molar-refractivity contribution in [1.29, 1.82) is 0 Å². The highest BCUT2D eigenvalue weighted by atomic mass is 19.1. The molecule has 1 aromatic rings. The van der Waals surface area contributed by atoms with Crippen molar-refractivity contribution >= 4 is 5.71 Å². The Morgan fingerprint density at radius 2 is 1.79 bits per heavy atom. The summed E-state index contributed by atoms with van der Waals surface area (Å²) in [5, 5.41) is 0. The van der Waals surface area contributed by atoms with Gasteiger partial charge < -0.3 is 10.5 Å². The van der Waals surface area contributed by atoms with Crippen molar-refractivity contribution in [3.63, 3.8) is 0 Å². The lowest BCUT2D eigenvalue weighted by Gasteiger charge is -2.08. The van der Waals surface area contributed by atoms with Gasteiger partial charge >= 0.3 is 0 Å². The van der Waals surface area contributed by atoms with Crippen LogP contribution in [0.3, 0.4) is 0 Å². The van der Waals surface area contributed by atoms with Crippen LogP contribution in [0.25, 0.3) is 0 Å². The van der Waals surface area contributed by atoms with Gasteiger partial charge in [-0.2, -0.15) is 0 Å². The number of hydrogen-bond acceptors (Lipinski definition) is 3. The first kappa shape index (κ1) is 35.2. The molecule has 1 aromatic carbocycles. The lowest BCUT2D eigenvalue weighted by Crippen LogP contribution is -2.08. The molecule has 0 bridgehead atoms. The molecule has 0 saturated carbocycles. The van der Waals surface area contributed by atoms with Gasteiger partial charge in [0.1, 0.15) is 12.4 Å². The molecule has 0 aromatic heterocycles. The summed E-state index contributed by atoms with van der Waals surface area (Å²) in [5.41, 5.74) is 10.2. The normalized spacial score (nSPS) is 11.4. The van der Waals surface area contributed by atoms with Crippen LogP contribution in [0.5, 0.6) is 0 Å². The molecule has 0 unspecified atom stereocenters. The fourth-order valence-electron chi connectivity index (χ4n) is 2.13. The van der Waals surface area contributed by atoms with Gasteiger partial charge in [0.2, 0.25) is 0 Å². The number of allylic oxidation sites excluding steroid dienone is 8. The quantitative estimate of drug-likeness (QED) is 0.170. The van der Waals surface area contributed by atoms with E-state index in [-0.39, 0.29) is 13.2 Å². The van der Waals surface area contributed by atoms with E-state index in [1.165, 1.54) is 23.9 Å². The van der Waals surface area contributed by atoms with Crippen LogP contribution in [-0.4, -0.2) is 5.71 Å². The van der Waals surface area contributed by atoms with Crippen molar-refractivity contribution in [2.45, 2.75) is 55.6 Å². The van der Waals surface area contributed by atoms with Crippen LogP contribution in [-0.2, 0) is 11.3 Å². The molecule has 1 rings (SSSR count). The number of halogens is 1. The molecular weight excluding hydrogens is 423 g/mol. The predicted molar refractivity (Wildman–Crippen MR) is 151 cm³/mol. The minimum Gasteiger partial charge on any atom is -0.497 e. The van der Waals surface area contributed by atoms with E-state index in [9.17, 15) is 4.39 Å². The van der Waals surface area contributed by atoms with Gasteiger partial charge in [0.25, 0.3) is 0 Å². The average molecular weight is 469 g/mol. The van der Waals surface area contributed by atoms with Crippen LogP contribution in [0.1, 0.15) is 54.5 Å².